The highest BCUT2D eigenvalue weighted by Gasteiger charge is 2.24. The van der Waals surface area contributed by atoms with Crippen molar-refractivity contribution in [1.82, 2.24) is 9.80 Å². The maximum Gasteiger partial charge on any atom is 0.0757 e. The summed E-state index contributed by atoms with van der Waals surface area (Å²) in [6.07, 6.45) is 0.465. The number of halogens is 1. The van der Waals surface area contributed by atoms with Gasteiger partial charge in [0.1, 0.15) is 0 Å². The Morgan fingerprint density at radius 3 is 2.00 bits per heavy atom. The van der Waals surface area contributed by atoms with Crippen molar-refractivity contribution in [2.24, 2.45) is 0 Å². The summed E-state index contributed by atoms with van der Waals surface area (Å²) in [6, 6.07) is 0. The lowest BCUT2D eigenvalue weighted by atomic mass is 10.5. The van der Waals surface area contributed by atoms with Gasteiger partial charge in [0, 0.05) is 13.1 Å². The van der Waals surface area contributed by atoms with Crippen molar-refractivity contribution in [3.05, 3.63) is 0 Å². The zero-order chi connectivity index (χ0) is 6.85. The van der Waals surface area contributed by atoms with Crippen molar-refractivity contribution in [1.29, 1.82) is 0 Å². The highest BCUT2D eigenvalue weighted by Crippen LogP contribution is 2.10. The van der Waals surface area contributed by atoms with E-state index < -0.39 is 0 Å². The van der Waals surface area contributed by atoms with Crippen molar-refractivity contribution in [3.63, 3.8) is 0 Å². The summed E-state index contributed by atoms with van der Waals surface area (Å²) in [5.41, 5.74) is 0. The molecule has 0 atom stereocenters. The van der Waals surface area contributed by atoms with Gasteiger partial charge >= 0.3 is 0 Å². The fourth-order valence-corrected chi connectivity index (χ4v) is 1.66. The van der Waals surface area contributed by atoms with E-state index in [1.54, 1.807) is 0 Å². The maximum atomic E-state index is 5.71. The third-order valence-corrected chi connectivity index (χ3v) is 2.24. The van der Waals surface area contributed by atoms with Crippen LogP contribution >= 0.6 is 11.6 Å². The minimum atomic E-state index is 0.465. The summed E-state index contributed by atoms with van der Waals surface area (Å²) in [5.74, 6) is 0.715. The molecule has 0 saturated carbocycles. The first-order chi connectivity index (χ1) is 4.25. The Balaban J connectivity index is 2.44. The highest BCUT2D eigenvalue weighted by atomic mass is 35.5. The van der Waals surface area contributed by atoms with Crippen LogP contribution in [-0.4, -0.2) is 49.0 Å². The molecule has 0 aromatic carbocycles. The Kier molecular flexibility index (Phi) is 2.33. The molecular weight excluding hydrogens is 136 g/mol. The number of hydrogen-bond donors (Lipinski definition) is 0. The van der Waals surface area contributed by atoms with E-state index in [2.05, 4.69) is 23.9 Å². The lowest BCUT2D eigenvalue weighted by Gasteiger charge is -2.21. The van der Waals surface area contributed by atoms with E-state index in [4.69, 9.17) is 11.6 Å². The van der Waals surface area contributed by atoms with Gasteiger partial charge in [-0.3, -0.25) is 9.80 Å². The van der Waals surface area contributed by atoms with Crippen LogP contribution in [0, 0.1) is 0 Å². The molecule has 9 heavy (non-hydrogen) atoms. The van der Waals surface area contributed by atoms with Gasteiger partial charge in [-0.2, -0.15) is 0 Å². The van der Waals surface area contributed by atoms with Crippen LogP contribution in [0.2, 0.25) is 0 Å². The van der Waals surface area contributed by atoms with Crippen LogP contribution in [0.1, 0.15) is 0 Å². The Hall–Kier alpha value is 0.210. The molecule has 0 spiro atoms. The molecular formula is C6H13ClN2. The van der Waals surface area contributed by atoms with Crippen LogP contribution in [0.25, 0.3) is 0 Å². The van der Waals surface area contributed by atoms with Crippen LogP contribution in [0.3, 0.4) is 0 Å². The molecule has 0 unspecified atom stereocenters. The standard InChI is InChI=1S/C6H13ClN2/c1-8-3-4-9(2)6(8)5-7/h6H,3-5H2,1-2H3. The molecule has 1 aliphatic heterocycles. The molecule has 0 aliphatic carbocycles. The van der Waals surface area contributed by atoms with Gasteiger partial charge in [-0.25, -0.2) is 0 Å². The van der Waals surface area contributed by atoms with Gasteiger partial charge in [-0.05, 0) is 14.1 Å². The molecule has 1 heterocycles. The summed E-state index contributed by atoms with van der Waals surface area (Å²) in [4.78, 5) is 4.54. The summed E-state index contributed by atoms with van der Waals surface area (Å²) in [6.45, 7) is 2.29. The van der Waals surface area contributed by atoms with Crippen LogP contribution in [0.4, 0.5) is 0 Å². The van der Waals surface area contributed by atoms with Gasteiger partial charge in [0.2, 0.25) is 0 Å². The van der Waals surface area contributed by atoms with Crippen molar-refractivity contribution < 1.29 is 0 Å². The molecule has 1 saturated heterocycles. The Morgan fingerprint density at radius 1 is 1.33 bits per heavy atom. The zero-order valence-corrected chi connectivity index (χ0v) is 6.73. The molecule has 0 aromatic heterocycles. The van der Waals surface area contributed by atoms with Crippen LogP contribution in [-0.2, 0) is 0 Å². The van der Waals surface area contributed by atoms with E-state index in [0.29, 0.717) is 12.0 Å². The fraction of sp³-hybridized carbons (Fsp3) is 1.00. The summed E-state index contributed by atoms with van der Waals surface area (Å²) < 4.78 is 0. The highest BCUT2D eigenvalue weighted by molar-refractivity contribution is 6.18. The van der Waals surface area contributed by atoms with Crippen LogP contribution < -0.4 is 0 Å². The van der Waals surface area contributed by atoms with Gasteiger partial charge in [0.05, 0.1) is 12.0 Å². The second-order valence-corrected chi connectivity index (χ2v) is 2.90. The second kappa shape index (κ2) is 2.86. The molecule has 54 valence electrons. The van der Waals surface area contributed by atoms with Gasteiger partial charge < -0.3 is 0 Å². The lowest BCUT2D eigenvalue weighted by molar-refractivity contribution is 0.211. The molecule has 0 amide bonds. The van der Waals surface area contributed by atoms with Crippen molar-refractivity contribution >= 4 is 11.6 Å². The third kappa shape index (κ3) is 1.37. The first kappa shape index (κ1) is 7.32. The maximum absolute atomic E-state index is 5.71. The Labute approximate surface area is 61.4 Å². The number of hydrogen-bond acceptors (Lipinski definition) is 2. The topological polar surface area (TPSA) is 6.48 Å². The quantitative estimate of drug-likeness (QED) is 0.498. The van der Waals surface area contributed by atoms with E-state index in [1.165, 1.54) is 0 Å². The van der Waals surface area contributed by atoms with Gasteiger partial charge in [-0.1, -0.05) is 0 Å². The van der Waals surface area contributed by atoms with Crippen molar-refractivity contribution in [3.8, 4) is 0 Å². The Bertz CT molecular complexity index is 87.1. The molecule has 0 bridgehead atoms. The van der Waals surface area contributed by atoms with Crippen LogP contribution in [0.5, 0.6) is 0 Å². The van der Waals surface area contributed by atoms with E-state index >= 15 is 0 Å². The lowest BCUT2D eigenvalue weighted by Crippen LogP contribution is -2.35. The summed E-state index contributed by atoms with van der Waals surface area (Å²) in [7, 11) is 4.22. The van der Waals surface area contributed by atoms with E-state index in [0.717, 1.165) is 13.1 Å². The number of rotatable bonds is 1. The SMILES string of the molecule is CN1CCN(C)C1CCl. The van der Waals surface area contributed by atoms with E-state index in [1.807, 2.05) is 0 Å². The van der Waals surface area contributed by atoms with E-state index in [9.17, 15) is 0 Å². The van der Waals surface area contributed by atoms with Crippen molar-refractivity contribution in [2.75, 3.05) is 33.1 Å². The molecule has 3 heteroatoms. The third-order valence-electron chi connectivity index (χ3n) is 1.96. The molecule has 0 aromatic rings. The normalized spacial score (nSPS) is 25.7. The molecule has 2 nitrogen and oxygen atoms in total. The minimum Gasteiger partial charge on any atom is -0.289 e. The summed E-state index contributed by atoms with van der Waals surface area (Å²) in [5, 5.41) is 0. The Morgan fingerprint density at radius 2 is 1.78 bits per heavy atom. The molecule has 1 fully saturated rings. The molecule has 0 N–H and O–H groups in total. The zero-order valence-electron chi connectivity index (χ0n) is 5.97. The molecule has 1 aliphatic rings. The van der Waals surface area contributed by atoms with Crippen LogP contribution in [0.15, 0.2) is 0 Å². The van der Waals surface area contributed by atoms with Crippen molar-refractivity contribution in [2.45, 2.75) is 6.17 Å². The van der Waals surface area contributed by atoms with Gasteiger partial charge in [-0.15, -0.1) is 11.6 Å². The van der Waals surface area contributed by atoms with E-state index in [-0.39, 0.29) is 0 Å². The predicted octanol–water partition coefficient (Wildman–Crippen LogP) is 0.428. The minimum absolute atomic E-state index is 0.465. The average Bonchev–Trinajstić information content (AvgIpc) is 2.12. The largest absolute Gasteiger partial charge is 0.289 e. The smallest absolute Gasteiger partial charge is 0.0757 e. The second-order valence-electron chi connectivity index (χ2n) is 2.60. The predicted molar refractivity (Wildman–Crippen MR) is 39.8 cm³/mol. The number of alkyl halides is 1. The average molecular weight is 149 g/mol. The first-order valence-electron chi connectivity index (χ1n) is 3.22. The fourth-order valence-electron chi connectivity index (χ4n) is 1.19. The number of nitrogens with zero attached hydrogens (tertiary/aromatic N) is 2. The molecule has 0 radical (unpaired) electrons. The monoisotopic (exact) mass is 148 g/mol. The first-order valence-corrected chi connectivity index (χ1v) is 3.75. The van der Waals surface area contributed by atoms with Gasteiger partial charge in [0.25, 0.3) is 0 Å². The van der Waals surface area contributed by atoms with Gasteiger partial charge in [0.15, 0.2) is 0 Å². The molecule has 1 rings (SSSR count). The number of likely N-dealkylation sites (N-methyl/N-ethyl adjacent to an activating group) is 2. The summed E-state index contributed by atoms with van der Waals surface area (Å²) >= 11 is 5.71.